The Morgan fingerprint density at radius 1 is 0.829 bits per heavy atom. The number of halogens is 2. The van der Waals surface area contributed by atoms with Crippen LogP contribution in [0.1, 0.15) is 37.9 Å². The first-order valence-electron chi connectivity index (χ1n) is 11.0. The predicted molar refractivity (Wildman–Crippen MR) is 129 cm³/mol. The smallest absolute Gasteiger partial charge is 0.241 e. The molecular formula is C27H17Cl2NO5. The van der Waals surface area contributed by atoms with E-state index in [0.29, 0.717) is 10.6 Å². The molecule has 35 heavy (non-hydrogen) atoms. The van der Waals surface area contributed by atoms with Gasteiger partial charge in [0, 0.05) is 16.1 Å². The number of benzene rings is 3. The number of Topliss-reactive ketones (excluding diaryl/α,β-unsaturated/α-hetero) is 2. The molecule has 8 heteroatoms. The fourth-order valence-electron chi connectivity index (χ4n) is 5.47. The summed E-state index contributed by atoms with van der Waals surface area (Å²) in [7, 11) is 0. The van der Waals surface area contributed by atoms with Crippen molar-refractivity contribution in [3.05, 3.63) is 99.0 Å². The summed E-state index contributed by atoms with van der Waals surface area (Å²) in [5.74, 6) is -4.91. The number of carbonyl (C=O) groups excluding carboxylic acids is 4. The number of rotatable bonds is 2. The Labute approximate surface area is 210 Å². The van der Waals surface area contributed by atoms with Crippen molar-refractivity contribution in [2.75, 3.05) is 4.90 Å². The van der Waals surface area contributed by atoms with E-state index in [9.17, 15) is 19.2 Å². The lowest BCUT2D eigenvalue weighted by molar-refractivity contribution is -0.127. The molecule has 6 nitrogen and oxygen atoms in total. The molecule has 2 heterocycles. The summed E-state index contributed by atoms with van der Waals surface area (Å²) < 4.78 is 6.26. The van der Waals surface area contributed by atoms with Crippen LogP contribution in [0.2, 0.25) is 10.0 Å². The normalized spacial score (nSPS) is 24.4. The Morgan fingerprint density at radius 2 is 1.46 bits per heavy atom. The summed E-state index contributed by atoms with van der Waals surface area (Å²) in [6, 6.07) is 18.0. The van der Waals surface area contributed by atoms with E-state index in [2.05, 4.69) is 0 Å². The van der Waals surface area contributed by atoms with Gasteiger partial charge in [0.2, 0.25) is 29.0 Å². The molecule has 3 atom stereocenters. The molecule has 0 unspecified atom stereocenters. The molecule has 0 saturated carbocycles. The van der Waals surface area contributed by atoms with Crippen LogP contribution in [0.25, 0.3) is 0 Å². The van der Waals surface area contributed by atoms with Crippen LogP contribution in [-0.4, -0.2) is 29.0 Å². The van der Waals surface area contributed by atoms with E-state index in [1.165, 1.54) is 30.3 Å². The van der Waals surface area contributed by atoms with E-state index in [-0.39, 0.29) is 21.8 Å². The Hall–Kier alpha value is -3.32. The summed E-state index contributed by atoms with van der Waals surface area (Å²) in [6.07, 6.45) is -0.977. The van der Waals surface area contributed by atoms with Gasteiger partial charge in [0.05, 0.1) is 28.6 Å². The first-order valence-corrected chi connectivity index (χ1v) is 11.8. The largest absolute Gasteiger partial charge is 0.349 e. The minimum atomic E-state index is -2.12. The standard InChI is InChI=1S/C27H17Cl2NO5/c1-13-6-8-14(9-7-13)22-20-21(26(34)30(25(20)33)19-11-10-15(28)12-18(19)29)27(35-22)23(31)16-4-2-3-5-17(16)24(27)32/h2-12,20-22H,1H3/t20-,21-,22-/m1/s1. The lowest BCUT2D eigenvalue weighted by Crippen LogP contribution is -2.51. The molecule has 6 rings (SSSR count). The summed E-state index contributed by atoms with van der Waals surface area (Å²) in [6.45, 7) is 1.92. The molecule has 0 N–H and O–H groups in total. The van der Waals surface area contributed by atoms with E-state index in [1.807, 2.05) is 19.1 Å². The minimum Gasteiger partial charge on any atom is -0.349 e. The summed E-state index contributed by atoms with van der Waals surface area (Å²) in [5, 5.41) is 0.445. The van der Waals surface area contributed by atoms with Gasteiger partial charge in [-0.15, -0.1) is 0 Å². The van der Waals surface area contributed by atoms with Crippen molar-refractivity contribution in [1.82, 2.24) is 0 Å². The average Bonchev–Trinajstić information content (AvgIpc) is 3.40. The van der Waals surface area contributed by atoms with Gasteiger partial charge in [-0.1, -0.05) is 77.3 Å². The van der Waals surface area contributed by atoms with E-state index in [4.69, 9.17) is 27.9 Å². The average molecular weight is 506 g/mol. The van der Waals surface area contributed by atoms with Gasteiger partial charge in [-0.2, -0.15) is 0 Å². The van der Waals surface area contributed by atoms with Crippen molar-refractivity contribution in [3.8, 4) is 0 Å². The molecule has 174 valence electrons. The Bertz CT molecular complexity index is 1430. The fourth-order valence-corrected chi connectivity index (χ4v) is 5.97. The van der Waals surface area contributed by atoms with Gasteiger partial charge in [0.1, 0.15) is 0 Å². The van der Waals surface area contributed by atoms with Crippen LogP contribution in [-0.2, 0) is 14.3 Å². The zero-order valence-electron chi connectivity index (χ0n) is 18.3. The number of nitrogens with zero attached hydrogens (tertiary/aromatic N) is 1. The van der Waals surface area contributed by atoms with Crippen LogP contribution < -0.4 is 4.90 Å². The summed E-state index contributed by atoms with van der Waals surface area (Å²) in [5.41, 5.74) is -0.0163. The number of imide groups is 1. The van der Waals surface area contributed by atoms with Crippen molar-refractivity contribution < 1.29 is 23.9 Å². The molecule has 3 aromatic carbocycles. The van der Waals surface area contributed by atoms with Crippen molar-refractivity contribution in [2.24, 2.45) is 11.8 Å². The van der Waals surface area contributed by atoms with Crippen molar-refractivity contribution in [1.29, 1.82) is 0 Å². The molecule has 1 aliphatic carbocycles. The first kappa shape index (κ1) is 22.2. The van der Waals surface area contributed by atoms with Gasteiger partial charge >= 0.3 is 0 Å². The van der Waals surface area contributed by atoms with Crippen LogP contribution in [0.5, 0.6) is 0 Å². The highest BCUT2D eigenvalue weighted by Gasteiger charge is 2.74. The lowest BCUT2D eigenvalue weighted by atomic mass is 9.77. The predicted octanol–water partition coefficient (Wildman–Crippen LogP) is 5.00. The van der Waals surface area contributed by atoms with Gasteiger partial charge < -0.3 is 4.74 Å². The first-order chi connectivity index (χ1) is 16.8. The third-order valence-electron chi connectivity index (χ3n) is 7.08. The molecular weight excluding hydrogens is 489 g/mol. The van der Waals surface area contributed by atoms with Gasteiger partial charge in [-0.25, -0.2) is 4.90 Å². The number of hydrogen-bond acceptors (Lipinski definition) is 5. The quantitative estimate of drug-likeness (QED) is 0.361. The van der Waals surface area contributed by atoms with Gasteiger partial charge in [0.25, 0.3) is 0 Å². The van der Waals surface area contributed by atoms with Crippen molar-refractivity contribution >= 4 is 52.3 Å². The van der Waals surface area contributed by atoms with Gasteiger partial charge in [-0.05, 0) is 30.7 Å². The molecule has 3 aliphatic rings. The van der Waals surface area contributed by atoms with Crippen LogP contribution in [0.15, 0.2) is 66.7 Å². The van der Waals surface area contributed by atoms with Crippen LogP contribution in [0, 0.1) is 18.8 Å². The third-order valence-corrected chi connectivity index (χ3v) is 7.61. The van der Waals surface area contributed by atoms with Crippen LogP contribution in [0.3, 0.4) is 0 Å². The molecule has 2 fully saturated rings. The monoisotopic (exact) mass is 505 g/mol. The molecule has 2 aliphatic heterocycles. The summed E-state index contributed by atoms with van der Waals surface area (Å²) in [4.78, 5) is 56.2. The van der Waals surface area contributed by atoms with Crippen LogP contribution in [0.4, 0.5) is 5.69 Å². The molecule has 3 aromatic rings. The number of aryl methyl sites for hydroxylation is 1. The molecule has 0 radical (unpaired) electrons. The topological polar surface area (TPSA) is 80.8 Å². The number of fused-ring (bicyclic) bond motifs is 3. The highest BCUT2D eigenvalue weighted by molar-refractivity contribution is 6.40. The highest BCUT2D eigenvalue weighted by atomic mass is 35.5. The fraction of sp³-hybridized carbons (Fsp3) is 0.185. The molecule has 0 aromatic heterocycles. The number of amides is 2. The zero-order valence-corrected chi connectivity index (χ0v) is 19.8. The minimum absolute atomic E-state index is 0.105. The number of anilines is 1. The number of carbonyl (C=O) groups is 4. The zero-order chi connectivity index (χ0) is 24.6. The Balaban J connectivity index is 1.55. The van der Waals surface area contributed by atoms with E-state index < -0.39 is 46.9 Å². The Kier molecular flexibility index (Phi) is 4.81. The summed E-state index contributed by atoms with van der Waals surface area (Å²) >= 11 is 12.4. The number of ketones is 2. The van der Waals surface area contributed by atoms with Gasteiger partial charge in [0.15, 0.2) is 0 Å². The maximum absolute atomic E-state index is 13.9. The van der Waals surface area contributed by atoms with E-state index in [0.717, 1.165) is 10.5 Å². The van der Waals surface area contributed by atoms with Crippen molar-refractivity contribution in [2.45, 2.75) is 18.6 Å². The molecule has 2 amide bonds. The molecule has 1 spiro atoms. The number of hydrogen-bond donors (Lipinski definition) is 0. The highest BCUT2D eigenvalue weighted by Crippen LogP contribution is 2.58. The number of ether oxygens (including phenoxy) is 1. The van der Waals surface area contributed by atoms with Crippen LogP contribution >= 0.6 is 23.2 Å². The van der Waals surface area contributed by atoms with Gasteiger partial charge in [-0.3, -0.25) is 19.2 Å². The Morgan fingerprint density at radius 3 is 2.06 bits per heavy atom. The van der Waals surface area contributed by atoms with E-state index >= 15 is 0 Å². The second-order valence-electron chi connectivity index (χ2n) is 9.00. The second-order valence-corrected chi connectivity index (χ2v) is 9.84. The molecule has 2 saturated heterocycles. The molecule has 0 bridgehead atoms. The van der Waals surface area contributed by atoms with Crippen molar-refractivity contribution in [3.63, 3.8) is 0 Å². The maximum atomic E-state index is 13.9. The second kappa shape index (κ2) is 7.59. The lowest BCUT2D eigenvalue weighted by Gasteiger charge is -2.27. The van der Waals surface area contributed by atoms with E-state index in [1.54, 1.807) is 24.3 Å². The maximum Gasteiger partial charge on any atom is 0.241 e. The third kappa shape index (κ3) is 2.88. The SMILES string of the molecule is Cc1ccc([C@H]2OC3(C(=O)c4ccccc4C3=O)[C@H]3C(=O)N(c4ccc(Cl)cc4Cl)C(=O)[C@@H]23)cc1.